The van der Waals surface area contributed by atoms with Crippen LogP contribution in [0, 0.1) is 11.8 Å². The van der Waals surface area contributed by atoms with E-state index in [0.29, 0.717) is 11.8 Å². The van der Waals surface area contributed by atoms with Gasteiger partial charge in [-0.3, -0.25) is 0 Å². The van der Waals surface area contributed by atoms with E-state index in [9.17, 15) is 0 Å². The van der Waals surface area contributed by atoms with Gasteiger partial charge in [-0.15, -0.1) is 0 Å². The molecule has 0 aromatic rings. The second-order valence-corrected chi connectivity index (χ2v) is 10.4. The molecule has 0 aliphatic heterocycles. The summed E-state index contributed by atoms with van der Waals surface area (Å²) in [5.41, 5.74) is -2.44. The molecule has 0 amide bonds. The zero-order chi connectivity index (χ0) is 15.1. The van der Waals surface area contributed by atoms with Gasteiger partial charge in [0, 0.05) is 0 Å². The van der Waals surface area contributed by atoms with Gasteiger partial charge in [0.1, 0.15) is 0 Å². The Hall–Kier alpha value is 0.920. The summed E-state index contributed by atoms with van der Waals surface area (Å²) in [4.78, 5) is 0. The molecule has 0 rings (SSSR count). The Bertz CT molecular complexity index is 255. The van der Waals surface area contributed by atoms with E-state index in [1.807, 2.05) is 0 Å². The minimum Gasteiger partial charge on any atom is -0.318 e. The van der Waals surface area contributed by atoms with Crippen LogP contribution >= 0.6 is 17.9 Å². The van der Waals surface area contributed by atoms with E-state index in [0.717, 1.165) is 25.7 Å². The van der Waals surface area contributed by atoms with Crippen molar-refractivity contribution in [2.45, 2.75) is 79.4 Å². The maximum absolute atomic E-state index is 5.96. The molecule has 0 aromatic heterocycles. The lowest BCUT2D eigenvalue weighted by atomic mass is 9.98. The highest BCUT2D eigenvalue weighted by atomic mass is 32.9. The van der Waals surface area contributed by atoms with E-state index in [1.165, 1.54) is 0 Å². The van der Waals surface area contributed by atoms with Crippen molar-refractivity contribution < 1.29 is 9.05 Å². The molecule has 0 saturated carbocycles. The fourth-order valence-electron chi connectivity index (χ4n) is 2.52. The van der Waals surface area contributed by atoms with Gasteiger partial charge < -0.3 is 9.05 Å². The van der Waals surface area contributed by atoms with Crippen LogP contribution in [0.2, 0.25) is 0 Å². The summed E-state index contributed by atoms with van der Waals surface area (Å²) >= 11 is 9.95. The fraction of sp³-hybridized carbons (Fsp3) is 1.00. The zero-order valence-corrected chi connectivity index (χ0v) is 15.9. The number of hydrogen-bond acceptors (Lipinski definition) is 3. The van der Waals surface area contributed by atoms with E-state index in [2.05, 4.69) is 53.8 Å². The number of rotatable bonds is 10. The smallest absolute Gasteiger partial charge is 0.244 e. The molecule has 2 nitrogen and oxygen atoms in total. The van der Waals surface area contributed by atoms with Crippen molar-refractivity contribution in [3.63, 3.8) is 0 Å². The van der Waals surface area contributed by atoms with Crippen LogP contribution in [0.25, 0.3) is 0 Å². The van der Waals surface area contributed by atoms with Crippen molar-refractivity contribution in [2.75, 3.05) is 0 Å². The summed E-state index contributed by atoms with van der Waals surface area (Å²) in [5.74, 6) is 1.06. The third-order valence-corrected chi connectivity index (χ3v) is 6.30. The molecular weight excluding hydrogens is 295 g/mol. The van der Waals surface area contributed by atoms with E-state index in [4.69, 9.17) is 20.9 Å². The first-order chi connectivity index (χ1) is 8.81. The van der Waals surface area contributed by atoms with Crippen molar-refractivity contribution >= 4 is 29.7 Å². The molecule has 19 heavy (non-hydrogen) atoms. The van der Waals surface area contributed by atoms with Gasteiger partial charge in [0.05, 0.1) is 12.2 Å². The SMILES string of the molecule is CCC(CC)C(C)OP(=S)(S)OC(C)C(CC)CC. The van der Waals surface area contributed by atoms with E-state index in [-0.39, 0.29) is 12.2 Å². The molecular formula is C14H31O2PS2. The average Bonchev–Trinajstić information content (AvgIpc) is 2.30. The second kappa shape index (κ2) is 9.78. The molecule has 0 aliphatic rings. The topological polar surface area (TPSA) is 18.5 Å². The molecule has 0 aromatic carbocycles. The Kier molecular flexibility index (Phi) is 10.3. The van der Waals surface area contributed by atoms with Crippen LogP contribution in [0.15, 0.2) is 0 Å². The molecule has 0 heterocycles. The summed E-state index contributed by atoms with van der Waals surface area (Å²) in [5, 5.41) is 0. The summed E-state index contributed by atoms with van der Waals surface area (Å²) in [6.07, 6.45) is 4.64. The largest absolute Gasteiger partial charge is 0.318 e. The Morgan fingerprint density at radius 2 is 1.11 bits per heavy atom. The highest BCUT2D eigenvalue weighted by Crippen LogP contribution is 2.57. The lowest BCUT2D eigenvalue weighted by Crippen LogP contribution is -2.21. The molecule has 0 spiro atoms. The Morgan fingerprint density at radius 3 is 1.32 bits per heavy atom. The van der Waals surface area contributed by atoms with Gasteiger partial charge >= 0.3 is 0 Å². The predicted octanol–water partition coefficient (Wildman–Crippen LogP) is 5.82. The van der Waals surface area contributed by atoms with Crippen molar-refractivity contribution in [1.82, 2.24) is 0 Å². The average molecular weight is 327 g/mol. The Labute approximate surface area is 130 Å². The molecule has 2 atom stereocenters. The van der Waals surface area contributed by atoms with Crippen molar-refractivity contribution in [3.8, 4) is 0 Å². The minimum atomic E-state index is -2.44. The van der Waals surface area contributed by atoms with Crippen LogP contribution in [-0.2, 0) is 20.9 Å². The molecule has 0 fully saturated rings. The first-order valence-corrected chi connectivity index (χ1v) is 11.3. The third-order valence-electron chi connectivity index (χ3n) is 4.02. The van der Waals surface area contributed by atoms with Gasteiger partial charge in [0.25, 0.3) is 0 Å². The molecule has 5 heteroatoms. The molecule has 0 aliphatic carbocycles. The number of thiol groups is 1. The van der Waals surface area contributed by atoms with Crippen LogP contribution in [0.5, 0.6) is 0 Å². The van der Waals surface area contributed by atoms with E-state index in [1.54, 1.807) is 0 Å². The minimum absolute atomic E-state index is 0.118. The van der Waals surface area contributed by atoms with Gasteiger partial charge in [-0.05, 0) is 37.5 Å². The van der Waals surface area contributed by atoms with E-state index >= 15 is 0 Å². The fourth-order valence-corrected chi connectivity index (χ4v) is 5.46. The van der Waals surface area contributed by atoms with Crippen LogP contribution in [0.1, 0.15) is 67.2 Å². The van der Waals surface area contributed by atoms with Crippen LogP contribution in [-0.4, -0.2) is 12.2 Å². The summed E-state index contributed by atoms with van der Waals surface area (Å²) in [6, 6.07) is 0. The first kappa shape index (κ1) is 19.9. The summed E-state index contributed by atoms with van der Waals surface area (Å²) in [6.45, 7) is 12.9. The monoisotopic (exact) mass is 326 g/mol. The predicted molar refractivity (Wildman–Crippen MR) is 92.5 cm³/mol. The first-order valence-electron chi connectivity index (χ1n) is 7.50. The molecule has 2 unspecified atom stereocenters. The van der Waals surface area contributed by atoms with Gasteiger partial charge in [0.2, 0.25) is 5.69 Å². The highest BCUT2D eigenvalue weighted by molar-refractivity contribution is 8.60. The van der Waals surface area contributed by atoms with Crippen LogP contribution < -0.4 is 0 Å². The Morgan fingerprint density at radius 1 is 0.842 bits per heavy atom. The van der Waals surface area contributed by atoms with Gasteiger partial charge in [-0.1, -0.05) is 65.6 Å². The molecule has 0 bridgehead atoms. The summed E-state index contributed by atoms with van der Waals surface area (Å²) < 4.78 is 11.9. The van der Waals surface area contributed by atoms with Gasteiger partial charge in [-0.2, -0.15) is 0 Å². The molecule has 116 valence electrons. The quantitative estimate of drug-likeness (QED) is 0.403. The third kappa shape index (κ3) is 7.47. The van der Waals surface area contributed by atoms with Gasteiger partial charge in [-0.25, -0.2) is 0 Å². The van der Waals surface area contributed by atoms with Crippen molar-refractivity contribution in [3.05, 3.63) is 0 Å². The molecule has 0 saturated heterocycles. The van der Waals surface area contributed by atoms with Gasteiger partial charge in [0.15, 0.2) is 0 Å². The van der Waals surface area contributed by atoms with Crippen molar-refractivity contribution in [2.24, 2.45) is 11.8 Å². The maximum Gasteiger partial charge on any atom is 0.244 e. The highest BCUT2D eigenvalue weighted by Gasteiger charge is 2.26. The Balaban J connectivity index is 4.50. The number of hydrogen-bond donors (Lipinski definition) is 1. The van der Waals surface area contributed by atoms with E-state index < -0.39 is 5.69 Å². The van der Waals surface area contributed by atoms with Crippen molar-refractivity contribution in [1.29, 1.82) is 0 Å². The normalized spacial score (nSPS) is 18.6. The molecule has 0 N–H and O–H groups in total. The standard InChI is InChI=1S/C14H31O2PS2/c1-7-13(8-2)11(5)15-17(18,19)16-12(6)14(9-3)10-4/h11-14H,7-10H2,1-6H3,(H,18,19). The van der Waals surface area contributed by atoms with Crippen LogP contribution in [0.3, 0.4) is 0 Å². The lowest BCUT2D eigenvalue weighted by Gasteiger charge is -2.30. The zero-order valence-electron chi connectivity index (χ0n) is 13.3. The van der Waals surface area contributed by atoms with Crippen LogP contribution in [0.4, 0.5) is 0 Å². The second-order valence-electron chi connectivity index (χ2n) is 5.24. The summed E-state index contributed by atoms with van der Waals surface area (Å²) in [7, 11) is 0. The maximum atomic E-state index is 5.96. The molecule has 0 radical (unpaired) electrons. The lowest BCUT2D eigenvalue weighted by molar-refractivity contribution is 0.100.